The Balaban J connectivity index is 1.79. The summed E-state index contributed by atoms with van der Waals surface area (Å²) in [6.07, 6.45) is 0.520. The number of nitrogens with zero attached hydrogens (tertiary/aromatic N) is 2. The van der Waals surface area contributed by atoms with E-state index in [1.807, 2.05) is 49.4 Å². The van der Waals surface area contributed by atoms with Gasteiger partial charge in [0, 0.05) is 28.7 Å². The molecule has 0 atom stereocenters. The average molecular weight is 519 g/mol. The zero-order chi connectivity index (χ0) is 26.4. The second-order valence-corrected chi connectivity index (χ2v) is 10.8. The zero-order valence-corrected chi connectivity index (χ0v) is 22.3. The number of aliphatic imine (C=N–C) groups is 1. The van der Waals surface area contributed by atoms with E-state index in [2.05, 4.69) is 40.6 Å². The molecule has 4 aromatic rings. The molecule has 7 nitrogen and oxygen atoms in total. The van der Waals surface area contributed by atoms with Gasteiger partial charge in [0.25, 0.3) is 0 Å². The van der Waals surface area contributed by atoms with E-state index in [1.165, 1.54) is 5.56 Å². The molecule has 0 unspecified atom stereocenters. The molecule has 3 aromatic carbocycles. The van der Waals surface area contributed by atoms with Crippen LogP contribution in [0.15, 0.2) is 77.8 Å². The average Bonchev–Trinajstić information content (AvgIpc) is 3.21. The third-order valence-electron chi connectivity index (χ3n) is 6.29. The highest BCUT2D eigenvalue weighted by molar-refractivity contribution is 7.92. The topological polar surface area (TPSA) is 97.8 Å². The lowest BCUT2D eigenvalue weighted by molar-refractivity contribution is 0.296. The van der Waals surface area contributed by atoms with Gasteiger partial charge in [-0.2, -0.15) is 0 Å². The van der Waals surface area contributed by atoms with Gasteiger partial charge in [-0.1, -0.05) is 63.2 Å². The Morgan fingerprint density at radius 3 is 2.32 bits per heavy atom. The van der Waals surface area contributed by atoms with Crippen LogP contribution in [0.5, 0.6) is 5.88 Å². The van der Waals surface area contributed by atoms with E-state index in [0.29, 0.717) is 34.3 Å². The predicted octanol–water partition coefficient (Wildman–Crippen LogP) is 6.04. The minimum atomic E-state index is -3.45. The van der Waals surface area contributed by atoms with Crippen molar-refractivity contribution in [2.75, 3.05) is 23.6 Å². The fourth-order valence-corrected chi connectivity index (χ4v) is 5.48. The Hall–Kier alpha value is -3.62. The molecule has 0 bridgehead atoms. The summed E-state index contributed by atoms with van der Waals surface area (Å²) >= 11 is 0. The maximum Gasteiger partial charge on any atom is 0.232 e. The molecule has 1 heterocycles. The maximum absolute atomic E-state index is 12.4. The van der Waals surface area contributed by atoms with Crippen LogP contribution in [0.2, 0.25) is 0 Å². The molecule has 0 aliphatic rings. The third kappa shape index (κ3) is 6.39. The number of aromatic nitrogens is 1. The van der Waals surface area contributed by atoms with Gasteiger partial charge in [0.05, 0.1) is 22.7 Å². The second-order valence-electron chi connectivity index (χ2n) is 8.98. The summed E-state index contributed by atoms with van der Waals surface area (Å²) in [7, 11) is -3.45. The molecule has 0 aliphatic heterocycles. The number of aromatic amines is 1. The largest absolute Gasteiger partial charge is 0.494 e. The molecule has 4 rings (SSSR count). The molecule has 0 amide bonds. The van der Waals surface area contributed by atoms with E-state index in [-0.39, 0.29) is 11.6 Å². The number of rotatable bonds is 11. The lowest BCUT2D eigenvalue weighted by Gasteiger charge is -2.17. The highest BCUT2D eigenvalue weighted by atomic mass is 32.2. The summed E-state index contributed by atoms with van der Waals surface area (Å²) in [5, 5.41) is 11.6. The molecule has 1 aromatic heterocycles. The fourth-order valence-electron chi connectivity index (χ4n) is 4.35. The quantitative estimate of drug-likeness (QED) is 0.211. The van der Waals surface area contributed by atoms with E-state index < -0.39 is 10.0 Å². The standard InChI is InChI=1S/C29H34N4O3S/c1-4-18-37(35,36)32-24-16-17-26-25(19-24)27(29(34)31-26)28(22-10-8-7-9-11-22)30-23-14-12-21(13-15-23)20-33(5-2)6-3/h7-17,19,31-32,34H,4-6,18,20H2,1-3H3. The summed E-state index contributed by atoms with van der Waals surface area (Å²) in [4.78, 5) is 10.3. The van der Waals surface area contributed by atoms with Gasteiger partial charge in [0.15, 0.2) is 5.88 Å². The van der Waals surface area contributed by atoms with Gasteiger partial charge < -0.3 is 10.1 Å². The van der Waals surface area contributed by atoms with Crippen molar-refractivity contribution in [3.8, 4) is 5.88 Å². The van der Waals surface area contributed by atoms with Crippen molar-refractivity contribution in [2.45, 2.75) is 33.7 Å². The number of hydrogen-bond donors (Lipinski definition) is 3. The maximum atomic E-state index is 12.4. The molecular formula is C29H34N4O3S. The first-order chi connectivity index (χ1) is 17.8. The lowest BCUT2D eigenvalue weighted by Crippen LogP contribution is -2.21. The molecule has 8 heteroatoms. The van der Waals surface area contributed by atoms with Gasteiger partial charge in [-0.05, 0) is 55.4 Å². The van der Waals surface area contributed by atoms with Crippen molar-refractivity contribution in [1.82, 2.24) is 9.88 Å². The number of nitrogens with one attached hydrogen (secondary N) is 2. The van der Waals surface area contributed by atoms with Gasteiger partial charge in [-0.3, -0.25) is 9.62 Å². The molecule has 0 aliphatic carbocycles. The SMILES string of the molecule is CCCS(=O)(=O)Nc1ccc2[nH]c(O)c(C(=Nc3ccc(CN(CC)CC)cc3)c3ccccc3)c2c1. The summed E-state index contributed by atoms with van der Waals surface area (Å²) in [6, 6.07) is 23.0. The van der Waals surface area contributed by atoms with E-state index >= 15 is 0 Å². The molecular weight excluding hydrogens is 484 g/mol. The minimum absolute atomic E-state index is 0.0238. The first-order valence-corrected chi connectivity index (χ1v) is 14.3. The van der Waals surface area contributed by atoms with Crippen LogP contribution in [0.25, 0.3) is 10.9 Å². The highest BCUT2D eigenvalue weighted by Gasteiger charge is 2.20. The first-order valence-electron chi connectivity index (χ1n) is 12.6. The Morgan fingerprint density at radius 2 is 1.68 bits per heavy atom. The van der Waals surface area contributed by atoms with Crippen LogP contribution in [0, 0.1) is 0 Å². The first kappa shape index (κ1) is 26.4. The Bertz CT molecular complexity index is 1470. The number of anilines is 1. The highest BCUT2D eigenvalue weighted by Crippen LogP contribution is 2.33. The number of sulfonamides is 1. The summed E-state index contributed by atoms with van der Waals surface area (Å²) in [5.74, 6) is 0.0152. The van der Waals surface area contributed by atoms with Gasteiger partial charge >= 0.3 is 0 Å². The van der Waals surface area contributed by atoms with Gasteiger partial charge in [-0.15, -0.1) is 0 Å². The number of fused-ring (bicyclic) bond motifs is 1. The lowest BCUT2D eigenvalue weighted by atomic mass is 10.0. The Labute approximate surface area is 218 Å². The molecule has 3 N–H and O–H groups in total. The normalized spacial score (nSPS) is 12.4. The van der Waals surface area contributed by atoms with Crippen molar-refractivity contribution in [3.05, 3.63) is 89.5 Å². The zero-order valence-electron chi connectivity index (χ0n) is 21.5. The second kappa shape index (κ2) is 11.6. The Morgan fingerprint density at radius 1 is 0.973 bits per heavy atom. The number of H-pyrrole nitrogens is 1. The van der Waals surface area contributed by atoms with Crippen molar-refractivity contribution in [3.63, 3.8) is 0 Å². The van der Waals surface area contributed by atoms with Crippen LogP contribution in [0.4, 0.5) is 11.4 Å². The van der Waals surface area contributed by atoms with E-state index in [0.717, 1.165) is 30.9 Å². The van der Waals surface area contributed by atoms with Crippen molar-refractivity contribution >= 4 is 38.0 Å². The van der Waals surface area contributed by atoms with Crippen LogP contribution < -0.4 is 4.72 Å². The van der Waals surface area contributed by atoms with Gasteiger partial charge in [-0.25, -0.2) is 13.4 Å². The molecule has 194 valence electrons. The van der Waals surface area contributed by atoms with Gasteiger partial charge in [0.1, 0.15) is 0 Å². The van der Waals surface area contributed by atoms with Crippen LogP contribution >= 0.6 is 0 Å². The molecule has 0 spiro atoms. The number of aromatic hydroxyl groups is 1. The summed E-state index contributed by atoms with van der Waals surface area (Å²) in [6.45, 7) is 8.99. The van der Waals surface area contributed by atoms with Crippen LogP contribution in [-0.4, -0.2) is 48.0 Å². The smallest absolute Gasteiger partial charge is 0.232 e. The monoisotopic (exact) mass is 518 g/mol. The number of benzene rings is 3. The third-order valence-corrected chi connectivity index (χ3v) is 7.78. The van der Waals surface area contributed by atoms with E-state index in [4.69, 9.17) is 4.99 Å². The van der Waals surface area contributed by atoms with Crippen molar-refractivity contribution in [1.29, 1.82) is 0 Å². The van der Waals surface area contributed by atoms with E-state index in [1.54, 1.807) is 18.2 Å². The van der Waals surface area contributed by atoms with E-state index in [9.17, 15) is 13.5 Å². The van der Waals surface area contributed by atoms with Crippen molar-refractivity contribution < 1.29 is 13.5 Å². The summed E-state index contributed by atoms with van der Waals surface area (Å²) < 4.78 is 27.4. The Kier molecular flexibility index (Phi) is 8.31. The number of hydrogen-bond acceptors (Lipinski definition) is 5. The predicted molar refractivity (Wildman–Crippen MR) is 152 cm³/mol. The van der Waals surface area contributed by atoms with Crippen molar-refractivity contribution in [2.24, 2.45) is 4.99 Å². The van der Waals surface area contributed by atoms with Crippen LogP contribution in [0.3, 0.4) is 0 Å². The van der Waals surface area contributed by atoms with Crippen LogP contribution in [0.1, 0.15) is 43.9 Å². The molecule has 0 saturated heterocycles. The molecule has 0 fully saturated rings. The van der Waals surface area contributed by atoms with Gasteiger partial charge in [0.2, 0.25) is 10.0 Å². The molecule has 0 saturated carbocycles. The van der Waals surface area contributed by atoms with Crippen LogP contribution in [-0.2, 0) is 16.6 Å². The fraction of sp³-hybridized carbons (Fsp3) is 0.276. The molecule has 37 heavy (non-hydrogen) atoms. The molecule has 0 radical (unpaired) electrons. The minimum Gasteiger partial charge on any atom is -0.494 e. The summed E-state index contributed by atoms with van der Waals surface area (Å²) in [5.41, 5.74) is 5.04.